The highest BCUT2D eigenvalue weighted by molar-refractivity contribution is 7.08. The number of nitrogens with zero attached hydrogens (tertiary/aromatic N) is 4. The molecule has 1 fully saturated rings. The molecule has 1 aliphatic carbocycles. The van der Waals surface area contributed by atoms with E-state index in [4.69, 9.17) is 27.9 Å². The summed E-state index contributed by atoms with van der Waals surface area (Å²) in [4.78, 5) is 5.85. The molecule has 0 aliphatic heterocycles. The van der Waals surface area contributed by atoms with Crippen LogP contribution < -0.4 is 4.74 Å². The zero-order valence-corrected chi connectivity index (χ0v) is 17.0. The molecule has 0 atom stereocenters. The number of benzene rings is 1. The quantitative estimate of drug-likeness (QED) is 0.354. The number of hydrogen-bond donors (Lipinski definition) is 0. The van der Waals surface area contributed by atoms with E-state index in [-0.39, 0.29) is 0 Å². The smallest absolute Gasteiger partial charge is 0.218 e. The Labute approximate surface area is 167 Å². The van der Waals surface area contributed by atoms with E-state index in [1.807, 2.05) is 31.9 Å². The summed E-state index contributed by atoms with van der Waals surface area (Å²) in [5, 5.41) is 10.4. The molecular formula is C18H18Cl2N4OS. The third-order valence-electron chi connectivity index (χ3n) is 4.23. The second kappa shape index (κ2) is 7.43. The van der Waals surface area contributed by atoms with E-state index in [2.05, 4.69) is 15.4 Å². The minimum absolute atomic E-state index is 0.407. The summed E-state index contributed by atoms with van der Waals surface area (Å²) in [7, 11) is 1.94. The second-order valence-electron chi connectivity index (χ2n) is 6.26. The first-order chi connectivity index (χ1) is 12.4. The summed E-state index contributed by atoms with van der Waals surface area (Å²) in [6.45, 7) is 4.80. The van der Waals surface area contributed by atoms with Crippen molar-refractivity contribution in [1.29, 1.82) is 5.26 Å². The van der Waals surface area contributed by atoms with Crippen LogP contribution in [0.25, 0.3) is 0 Å². The fourth-order valence-corrected chi connectivity index (χ4v) is 3.58. The van der Waals surface area contributed by atoms with Gasteiger partial charge in [-0.3, -0.25) is 0 Å². The number of halogens is 2. The van der Waals surface area contributed by atoms with E-state index in [9.17, 15) is 5.26 Å². The van der Waals surface area contributed by atoms with Gasteiger partial charge in [-0.25, -0.2) is 4.99 Å². The molecule has 5 nitrogen and oxygen atoms in total. The van der Waals surface area contributed by atoms with Crippen molar-refractivity contribution in [3.8, 4) is 16.9 Å². The lowest BCUT2D eigenvalue weighted by Gasteiger charge is -2.11. The van der Waals surface area contributed by atoms with Gasteiger partial charge in [-0.05, 0) is 38.3 Å². The van der Waals surface area contributed by atoms with Crippen LogP contribution >= 0.6 is 34.7 Å². The molecule has 3 rings (SSSR count). The molecule has 1 heterocycles. The maximum absolute atomic E-state index is 9.50. The number of hydrogen-bond acceptors (Lipinski definition) is 5. The van der Waals surface area contributed by atoms with Gasteiger partial charge in [0.1, 0.15) is 17.4 Å². The molecule has 0 saturated heterocycles. The van der Waals surface area contributed by atoms with Crippen molar-refractivity contribution in [2.24, 2.45) is 4.99 Å². The van der Waals surface area contributed by atoms with Crippen LogP contribution in [0.4, 0.5) is 5.69 Å². The number of nitriles is 1. The van der Waals surface area contributed by atoms with Crippen molar-refractivity contribution < 1.29 is 4.74 Å². The van der Waals surface area contributed by atoms with Gasteiger partial charge >= 0.3 is 0 Å². The molecule has 0 N–H and O–H groups in total. The Balaban J connectivity index is 1.87. The fourth-order valence-electron chi connectivity index (χ4n) is 2.29. The molecule has 1 saturated carbocycles. The zero-order chi connectivity index (χ0) is 18.9. The SMILES string of the molecule is CCN(C)/C=N\c1cc(C)c(Oc2snc(C3(Cl)CC3)c2C#N)cc1Cl. The summed E-state index contributed by atoms with van der Waals surface area (Å²) in [5.41, 5.74) is 2.56. The molecule has 8 heteroatoms. The van der Waals surface area contributed by atoms with E-state index < -0.39 is 4.87 Å². The first-order valence-electron chi connectivity index (χ1n) is 8.19. The third kappa shape index (κ3) is 3.80. The van der Waals surface area contributed by atoms with Gasteiger partial charge in [0.05, 0.1) is 27.6 Å². The number of alkyl halides is 1. The first-order valence-corrected chi connectivity index (χ1v) is 9.72. The molecule has 2 aromatic rings. The normalized spacial score (nSPS) is 15.1. The molecule has 0 amide bonds. The molecule has 0 radical (unpaired) electrons. The molecule has 26 heavy (non-hydrogen) atoms. The lowest BCUT2D eigenvalue weighted by molar-refractivity contribution is 0.490. The van der Waals surface area contributed by atoms with Gasteiger partial charge in [0, 0.05) is 31.2 Å². The van der Waals surface area contributed by atoms with Crippen LogP contribution in [0.2, 0.25) is 5.02 Å². The van der Waals surface area contributed by atoms with E-state index in [0.29, 0.717) is 32.8 Å². The predicted molar refractivity (Wildman–Crippen MR) is 106 cm³/mol. The number of rotatable bonds is 6. The highest BCUT2D eigenvalue weighted by atomic mass is 35.5. The Kier molecular flexibility index (Phi) is 5.42. The van der Waals surface area contributed by atoms with Crippen molar-refractivity contribution in [1.82, 2.24) is 9.27 Å². The largest absolute Gasteiger partial charge is 0.443 e. The highest BCUT2D eigenvalue weighted by Gasteiger charge is 2.47. The average Bonchev–Trinajstić information content (AvgIpc) is 3.23. The molecule has 0 unspecified atom stereocenters. The number of aryl methyl sites for hydroxylation is 1. The van der Waals surface area contributed by atoms with E-state index in [0.717, 1.165) is 36.5 Å². The predicted octanol–water partition coefficient (Wildman–Crippen LogP) is 5.61. The third-order valence-corrected chi connectivity index (χ3v) is 5.81. The standard InChI is InChI=1S/C18H18Cl2N4OS/c1-4-24(3)10-22-14-7-11(2)15(8-13(14)19)25-17-12(9-21)16(23-26-17)18(20)5-6-18/h7-8,10H,4-6H2,1-3H3/b22-10-. The Morgan fingerprint density at radius 2 is 2.23 bits per heavy atom. The highest BCUT2D eigenvalue weighted by Crippen LogP contribution is 2.54. The van der Waals surface area contributed by atoms with Crippen LogP contribution in [0.5, 0.6) is 10.8 Å². The summed E-state index contributed by atoms with van der Waals surface area (Å²) in [6, 6.07) is 5.74. The van der Waals surface area contributed by atoms with E-state index in [1.54, 1.807) is 12.4 Å². The Hall–Kier alpha value is -1.81. The molecule has 1 aliphatic rings. The molecule has 0 bridgehead atoms. The maximum Gasteiger partial charge on any atom is 0.218 e. The van der Waals surface area contributed by atoms with Crippen LogP contribution in [-0.4, -0.2) is 29.2 Å². The Morgan fingerprint density at radius 3 is 2.85 bits per heavy atom. The summed E-state index contributed by atoms with van der Waals surface area (Å²) >= 11 is 13.9. The van der Waals surface area contributed by atoms with Gasteiger partial charge in [-0.1, -0.05) is 11.6 Å². The van der Waals surface area contributed by atoms with Crippen LogP contribution in [0.15, 0.2) is 17.1 Å². The van der Waals surface area contributed by atoms with Crippen LogP contribution in [0, 0.1) is 18.3 Å². The summed E-state index contributed by atoms with van der Waals surface area (Å²) < 4.78 is 10.3. The fraction of sp³-hybridized carbons (Fsp3) is 0.389. The van der Waals surface area contributed by atoms with Crippen molar-refractivity contribution in [3.05, 3.63) is 34.0 Å². The van der Waals surface area contributed by atoms with Gasteiger partial charge in [-0.2, -0.15) is 9.64 Å². The van der Waals surface area contributed by atoms with Gasteiger partial charge < -0.3 is 9.64 Å². The molecule has 136 valence electrons. The minimum Gasteiger partial charge on any atom is -0.443 e. The van der Waals surface area contributed by atoms with Crippen molar-refractivity contribution in [3.63, 3.8) is 0 Å². The van der Waals surface area contributed by atoms with Gasteiger partial charge in [0.2, 0.25) is 5.06 Å². The number of aliphatic imine (C=N–C) groups is 1. The lowest BCUT2D eigenvalue weighted by Crippen LogP contribution is -2.14. The first kappa shape index (κ1) is 19.0. The Morgan fingerprint density at radius 1 is 1.50 bits per heavy atom. The number of aromatic nitrogens is 1. The van der Waals surface area contributed by atoms with Crippen molar-refractivity contribution >= 4 is 46.8 Å². The summed E-state index contributed by atoms with van der Waals surface area (Å²) in [6.07, 6.45) is 3.40. The molecule has 0 spiro atoms. The summed E-state index contributed by atoms with van der Waals surface area (Å²) in [5.74, 6) is 0.573. The van der Waals surface area contributed by atoms with E-state index in [1.165, 1.54) is 0 Å². The van der Waals surface area contributed by atoms with E-state index >= 15 is 0 Å². The minimum atomic E-state index is -0.500. The van der Waals surface area contributed by atoms with Gasteiger partial charge in [-0.15, -0.1) is 11.6 Å². The number of ether oxygens (including phenoxy) is 1. The molecule has 1 aromatic carbocycles. The van der Waals surface area contributed by atoms with Gasteiger partial charge in [0.15, 0.2) is 0 Å². The zero-order valence-electron chi connectivity index (χ0n) is 14.7. The second-order valence-corrected chi connectivity index (χ2v) is 8.13. The lowest BCUT2D eigenvalue weighted by atomic mass is 10.2. The molecular weight excluding hydrogens is 391 g/mol. The van der Waals surface area contributed by atoms with Crippen molar-refractivity contribution in [2.75, 3.05) is 13.6 Å². The molecule has 1 aromatic heterocycles. The van der Waals surface area contributed by atoms with Gasteiger partial charge in [0.25, 0.3) is 0 Å². The Bertz CT molecular complexity index is 899. The van der Waals surface area contributed by atoms with Crippen LogP contribution in [0.1, 0.15) is 36.6 Å². The topological polar surface area (TPSA) is 61.5 Å². The maximum atomic E-state index is 9.50. The van der Waals surface area contributed by atoms with Crippen LogP contribution in [0.3, 0.4) is 0 Å². The van der Waals surface area contributed by atoms with Crippen molar-refractivity contribution in [2.45, 2.75) is 31.6 Å². The van der Waals surface area contributed by atoms with Crippen LogP contribution in [-0.2, 0) is 4.87 Å². The monoisotopic (exact) mass is 408 g/mol. The average molecular weight is 409 g/mol.